The number of rotatable bonds is 4. The summed E-state index contributed by atoms with van der Waals surface area (Å²) in [5, 5.41) is 5.39. The van der Waals surface area contributed by atoms with Gasteiger partial charge in [0.15, 0.2) is 0 Å². The van der Waals surface area contributed by atoms with E-state index in [-0.39, 0.29) is 11.7 Å². The molecule has 2 amide bonds. The molecule has 2 N–H and O–H groups in total. The highest BCUT2D eigenvalue weighted by atomic mass is 19.4. The van der Waals surface area contributed by atoms with Gasteiger partial charge in [-0.25, -0.2) is 4.79 Å². The number of halogens is 3. The minimum absolute atomic E-state index is 0.0700. The zero-order valence-electron chi connectivity index (χ0n) is 14.8. The molecule has 26 heavy (non-hydrogen) atoms. The normalized spacial score (nSPS) is 20.3. The van der Waals surface area contributed by atoms with Gasteiger partial charge in [-0.3, -0.25) is 0 Å². The molecule has 7 heteroatoms. The van der Waals surface area contributed by atoms with Gasteiger partial charge in [0, 0.05) is 31.4 Å². The number of benzene rings is 1. The van der Waals surface area contributed by atoms with Gasteiger partial charge in [-0.05, 0) is 49.8 Å². The Morgan fingerprint density at radius 3 is 2.46 bits per heavy atom. The molecule has 4 nitrogen and oxygen atoms in total. The molecule has 1 saturated heterocycles. The molecule has 0 radical (unpaired) electrons. The number of carbonyl (C=O) groups excluding carboxylic acids is 1. The van der Waals surface area contributed by atoms with Crippen molar-refractivity contribution in [2.24, 2.45) is 5.92 Å². The molecule has 2 fully saturated rings. The molecular formula is C19H26F3N3O. The first-order valence-electron chi connectivity index (χ1n) is 9.37. The van der Waals surface area contributed by atoms with Crippen LogP contribution in [0.25, 0.3) is 0 Å². The third-order valence-electron chi connectivity index (χ3n) is 5.36. The lowest BCUT2D eigenvalue weighted by atomic mass is 10.0. The average Bonchev–Trinajstić information content (AvgIpc) is 3.09. The number of piperidine rings is 1. The van der Waals surface area contributed by atoms with Gasteiger partial charge in [0.05, 0.1) is 5.56 Å². The predicted octanol–water partition coefficient (Wildman–Crippen LogP) is 4.48. The van der Waals surface area contributed by atoms with Crippen LogP contribution in [-0.2, 0) is 6.18 Å². The van der Waals surface area contributed by atoms with Crippen molar-refractivity contribution < 1.29 is 18.0 Å². The molecule has 1 aliphatic heterocycles. The number of urea groups is 1. The maximum atomic E-state index is 12.7. The van der Waals surface area contributed by atoms with E-state index in [0.717, 1.165) is 50.5 Å². The van der Waals surface area contributed by atoms with Gasteiger partial charge in [0.2, 0.25) is 0 Å². The highest BCUT2D eigenvalue weighted by Crippen LogP contribution is 2.30. The van der Waals surface area contributed by atoms with Crippen LogP contribution < -0.4 is 10.6 Å². The Kier molecular flexibility index (Phi) is 6.06. The van der Waals surface area contributed by atoms with Crippen LogP contribution in [0.1, 0.15) is 44.1 Å². The number of nitrogens with one attached hydrogen (secondary N) is 2. The maximum Gasteiger partial charge on any atom is 0.416 e. The highest BCUT2D eigenvalue weighted by molar-refractivity contribution is 5.89. The number of nitrogens with zero attached hydrogens (tertiary/aromatic N) is 1. The fourth-order valence-electron chi connectivity index (χ4n) is 3.94. The van der Waals surface area contributed by atoms with E-state index in [1.54, 1.807) is 0 Å². The Labute approximate surface area is 152 Å². The van der Waals surface area contributed by atoms with E-state index < -0.39 is 17.8 Å². The van der Waals surface area contributed by atoms with Crippen LogP contribution in [0.3, 0.4) is 0 Å². The van der Waals surface area contributed by atoms with Gasteiger partial charge >= 0.3 is 12.2 Å². The number of hydrogen-bond acceptors (Lipinski definition) is 2. The van der Waals surface area contributed by atoms with Gasteiger partial charge in [0.25, 0.3) is 0 Å². The molecule has 1 aromatic rings. The summed E-state index contributed by atoms with van der Waals surface area (Å²) in [5.74, 6) is 0.823. The summed E-state index contributed by atoms with van der Waals surface area (Å²) >= 11 is 0. The number of anilines is 1. The largest absolute Gasteiger partial charge is 0.416 e. The molecule has 0 atom stereocenters. The van der Waals surface area contributed by atoms with Crippen LogP contribution in [0.5, 0.6) is 0 Å². The van der Waals surface area contributed by atoms with Crippen LogP contribution in [0.2, 0.25) is 0 Å². The van der Waals surface area contributed by atoms with Crippen molar-refractivity contribution in [1.82, 2.24) is 10.2 Å². The summed E-state index contributed by atoms with van der Waals surface area (Å²) < 4.78 is 38.2. The van der Waals surface area contributed by atoms with Gasteiger partial charge in [-0.15, -0.1) is 0 Å². The van der Waals surface area contributed by atoms with Gasteiger partial charge in [-0.2, -0.15) is 13.2 Å². The molecule has 0 unspecified atom stereocenters. The Hall–Kier alpha value is -1.76. The number of carbonyl (C=O) groups is 1. The molecule has 144 valence electrons. The zero-order valence-corrected chi connectivity index (χ0v) is 14.8. The van der Waals surface area contributed by atoms with Gasteiger partial charge in [0.1, 0.15) is 0 Å². The smallest absolute Gasteiger partial charge is 0.335 e. The molecular weight excluding hydrogens is 343 g/mol. The topological polar surface area (TPSA) is 44.4 Å². The van der Waals surface area contributed by atoms with Crippen molar-refractivity contribution >= 4 is 11.7 Å². The quantitative estimate of drug-likeness (QED) is 0.822. The second-order valence-corrected chi connectivity index (χ2v) is 7.40. The molecule has 1 aromatic carbocycles. The summed E-state index contributed by atoms with van der Waals surface area (Å²) in [6.45, 7) is 3.08. The van der Waals surface area contributed by atoms with Crippen LogP contribution in [0, 0.1) is 5.92 Å². The Bertz CT molecular complexity index is 606. The van der Waals surface area contributed by atoms with E-state index in [0.29, 0.717) is 0 Å². The number of likely N-dealkylation sites (tertiary alicyclic amines) is 1. The van der Waals surface area contributed by atoms with Crippen LogP contribution >= 0.6 is 0 Å². The fraction of sp³-hybridized carbons (Fsp3) is 0.632. The minimum Gasteiger partial charge on any atom is -0.335 e. The van der Waals surface area contributed by atoms with Crippen LogP contribution in [0.4, 0.5) is 23.7 Å². The van der Waals surface area contributed by atoms with E-state index in [1.807, 2.05) is 0 Å². The average molecular weight is 369 g/mol. The van der Waals surface area contributed by atoms with E-state index in [1.165, 1.54) is 37.8 Å². The monoisotopic (exact) mass is 369 g/mol. The third kappa shape index (κ3) is 5.37. The highest BCUT2D eigenvalue weighted by Gasteiger charge is 2.30. The van der Waals surface area contributed by atoms with Crippen molar-refractivity contribution in [2.75, 3.05) is 25.0 Å². The second kappa shape index (κ2) is 8.29. The molecule has 0 bridgehead atoms. The Morgan fingerprint density at radius 2 is 1.81 bits per heavy atom. The molecule has 2 aliphatic rings. The maximum absolute atomic E-state index is 12.7. The Balaban J connectivity index is 1.43. The molecule has 0 spiro atoms. The standard InChI is InChI=1S/C19H26F3N3O/c20-19(21,22)15-6-3-7-17(12-15)24-18(26)23-16-8-10-25(11-9-16)13-14-4-1-2-5-14/h3,6-7,12,14,16H,1-2,4-5,8-11,13H2,(H2,23,24,26). The molecule has 1 aliphatic carbocycles. The summed E-state index contributed by atoms with van der Waals surface area (Å²) in [5.41, 5.74) is -0.619. The van der Waals surface area contributed by atoms with E-state index in [2.05, 4.69) is 15.5 Å². The van der Waals surface area contributed by atoms with E-state index in [4.69, 9.17) is 0 Å². The zero-order chi connectivity index (χ0) is 18.6. The van der Waals surface area contributed by atoms with Gasteiger partial charge in [-0.1, -0.05) is 18.9 Å². The van der Waals surface area contributed by atoms with E-state index >= 15 is 0 Å². The lowest BCUT2D eigenvalue weighted by molar-refractivity contribution is -0.137. The third-order valence-corrected chi connectivity index (χ3v) is 5.36. The summed E-state index contributed by atoms with van der Waals surface area (Å²) in [6, 6.07) is 4.31. The van der Waals surface area contributed by atoms with Gasteiger partial charge < -0.3 is 15.5 Å². The van der Waals surface area contributed by atoms with Crippen LogP contribution in [-0.4, -0.2) is 36.6 Å². The first-order chi connectivity index (χ1) is 12.4. The van der Waals surface area contributed by atoms with Crippen molar-refractivity contribution in [3.8, 4) is 0 Å². The molecule has 0 aromatic heterocycles. The number of alkyl halides is 3. The van der Waals surface area contributed by atoms with Crippen molar-refractivity contribution in [3.63, 3.8) is 0 Å². The van der Waals surface area contributed by atoms with Crippen molar-refractivity contribution in [1.29, 1.82) is 0 Å². The van der Waals surface area contributed by atoms with Crippen molar-refractivity contribution in [3.05, 3.63) is 29.8 Å². The SMILES string of the molecule is O=C(Nc1cccc(C(F)(F)F)c1)NC1CCN(CC2CCCC2)CC1. The summed E-state index contributed by atoms with van der Waals surface area (Å²) in [7, 11) is 0. The predicted molar refractivity (Wildman–Crippen MR) is 95.0 cm³/mol. The van der Waals surface area contributed by atoms with Crippen molar-refractivity contribution in [2.45, 2.75) is 50.7 Å². The van der Waals surface area contributed by atoms with E-state index in [9.17, 15) is 18.0 Å². The first kappa shape index (κ1) is 19.0. The molecule has 1 saturated carbocycles. The molecule has 3 rings (SSSR count). The van der Waals surface area contributed by atoms with Crippen LogP contribution in [0.15, 0.2) is 24.3 Å². The number of amides is 2. The number of hydrogen-bond donors (Lipinski definition) is 2. The lowest BCUT2D eigenvalue weighted by Crippen LogP contribution is -2.46. The summed E-state index contributed by atoms with van der Waals surface area (Å²) in [4.78, 5) is 14.6. The fourth-order valence-corrected chi connectivity index (χ4v) is 3.94. The first-order valence-corrected chi connectivity index (χ1v) is 9.37. The second-order valence-electron chi connectivity index (χ2n) is 7.40. The lowest BCUT2D eigenvalue weighted by Gasteiger charge is -2.33. The Morgan fingerprint density at radius 1 is 1.12 bits per heavy atom. The minimum atomic E-state index is -4.42. The summed E-state index contributed by atoms with van der Waals surface area (Å²) in [6.07, 6.45) is 2.69. The molecule has 1 heterocycles.